The SMILES string of the molecule is CCCCCCCCCCCC(=O)NC(=S)Nc1ncccn1. The zero-order chi connectivity index (χ0) is 16.8. The number of rotatable bonds is 11. The Hall–Kier alpha value is -1.56. The van der Waals surface area contributed by atoms with Gasteiger partial charge in [-0.2, -0.15) is 0 Å². The summed E-state index contributed by atoms with van der Waals surface area (Å²) in [5.41, 5.74) is 0. The Morgan fingerprint density at radius 3 is 2.17 bits per heavy atom. The summed E-state index contributed by atoms with van der Waals surface area (Å²) >= 11 is 5.06. The highest BCUT2D eigenvalue weighted by atomic mass is 32.1. The van der Waals surface area contributed by atoms with E-state index < -0.39 is 0 Å². The molecule has 1 aromatic heterocycles. The molecule has 0 aliphatic heterocycles. The number of amides is 1. The summed E-state index contributed by atoms with van der Waals surface area (Å²) in [6.07, 6.45) is 14.9. The zero-order valence-corrected chi connectivity index (χ0v) is 14.8. The van der Waals surface area contributed by atoms with Crippen LogP contribution >= 0.6 is 12.2 Å². The number of nitrogens with zero attached hydrogens (tertiary/aromatic N) is 2. The number of carbonyl (C=O) groups is 1. The third kappa shape index (κ3) is 10.7. The van der Waals surface area contributed by atoms with Crippen LogP contribution in [0.1, 0.15) is 71.1 Å². The standard InChI is InChI=1S/C17H28N4OS/c1-2-3-4-5-6-7-8-9-10-12-15(22)20-17(23)21-16-18-13-11-14-19-16/h11,13-14H,2-10,12H2,1H3,(H2,18,19,20,21,22,23). The Labute approximate surface area is 144 Å². The van der Waals surface area contributed by atoms with Crippen molar-refractivity contribution in [3.8, 4) is 0 Å². The summed E-state index contributed by atoms with van der Waals surface area (Å²) in [6.45, 7) is 2.24. The molecule has 1 rings (SSSR count). The summed E-state index contributed by atoms with van der Waals surface area (Å²) in [6, 6.07) is 1.72. The number of unbranched alkanes of at least 4 members (excludes halogenated alkanes) is 8. The first-order valence-corrected chi connectivity index (χ1v) is 9.01. The van der Waals surface area contributed by atoms with Gasteiger partial charge in [0, 0.05) is 18.8 Å². The van der Waals surface area contributed by atoms with Crippen LogP contribution in [0.2, 0.25) is 0 Å². The van der Waals surface area contributed by atoms with Gasteiger partial charge in [0.05, 0.1) is 0 Å². The van der Waals surface area contributed by atoms with E-state index in [1.807, 2.05) is 0 Å². The van der Waals surface area contributed by atoms with Crippen LogP contribution < -0.4 is 10.6 Å². The lowest BCUT2D eigenvalue weighted by Crippen LogP contribution is -2.34. The maximum absolute atomic E-state index is 11.8. The number of aromatic nitrogens is 2. The average Bonchev–Trinajstić information content (AvgIpc) is 2.54. The van der Waals surface area contributed by atoms with Crippen molar-refractivity contribution in [2.45, 2.75) is 71.1 Å². The van der Waals surface area contributed by atoms with Gasteiger partial charge in [-0.3, -0.25) is 4.79 Å². The Kier molecular flexibility index (Phi) is 11.0. The van der Waals surface area contributed by atoms with Crippen LogP contribution in [0.15, 0.2) is 18.5 Å². The largest absolute Gasteiger partial charge is 0.303 e. The van der Waals surface area contributed by atoms with E-state index in [0.29, 0.717) is 12.4 Å². The first-order valence-electron chi connectivity index (χ1n) is 8.60. The first kappa shape index (κ1) is 19.5. The van der Waals surface area contributed by atoms with Crippen molar-refractivity contribution in [3.05, 3.63) is 18.5 Å². The second-order valence-corrected chi connectivity index (χ2v) is 6.06. The highest BCUT2D eigenvalue weighted by Crippen LogP contribution is 2.10. The lowest BCUT2D eigenvalue weighted by molar-refractivity contribution is -0.119. The van der Waals surface area contributed by atoms with Crippen molar-refractivity contribution < 1.29 is 4.79 Å². The van der Waals surface area contributed by atoms with E-state index in [1.165, 1.54) is 44.9 Å². The summed E-state index contributed by atoms with van der Waals surface area (Å²) in [4.78, 5) is 19.7. The molecule has 1 amide bonds. The normalized spacial score (nSPS) is 10.3. The fourth-order valence-electron chi connectivity index (χ4n) is 2.28. The van der Waals surface area contributed by atoms with Crippen LogP contribution in [0.3, 0.4) is 0 Å². The fourth-order valence-corrected chi connectivity index (χ4v) is 2.49. The van der Waals surface area contributed by atoms with Crippen LogP contribution in [0.25, 0.3) is 0 Å². The highest BCUT2D eigenvalue weighted by molar-refractivity contribution is 7.80. The van der Waals surface area contributed by atoms with Gasteiger partial charge in [0.25, 0.3) is 0 Å². The molecule has 6 heteroatoms. The van der Waals surface area contributed by atoms with E-state index >= 15 is 0 Å². The molecule has 128 valence electrons. The number of anilines is 1. The second-order valence-electron chi connectivity index (χ2n) is 5.65. The molecule has 0 aromatic carbocycles. The monoisotopic (exact) mass is 336 g/mol. The van der Waals surface area contributed by atoms with E-state index in [2.05, 4.69) is 27.5 Å². The minimum absolute atomic E-state index is 0.0543. The van der Waals surface area contributed by atoms with Crippen LogP contribution in [0.5, 0.6) is 0 Å². The van der Waals surface area contributed by atoms with Crippen molar-refractivity contribution in [3.63, 3.8) is 0 Å². The van der Waals surface area contributed by atoms with E-state index in [4.69, 9.17) is 12.2 Å². The van der Waals surface area contributed by atoms with Gasteiger partial charge >= 0.3 is 0 Å². The lowest BCUT2D eigenvalue weighted by atomic mass is 10.1. The minimum Gasteiger partial charge on any atom is -0.303 e. The van der Waals surface area contributed by atoms with Gasteiger partial charge in [-0.25, -0.2) is 9.97 Å². The van der Waals surface area contributed by atoms with Crippen molar-refractivity contribution in [2.75, 3.05) is 5.32 Å². The molecule has 1 heterocycles. The molecule has 0 bridgehead atoms. The third-order valence-corrected chi connectivity index (χ3v) is 3.76. The van der Waals surface area contributed by atoms with E-state index in [0.717, 1.165) is 12.8 Å². The number of hydrogen-bond acceptors (Lipinski definition) is 4. The fraction of sp³-hybridized carbons (Fsp3) is 0.647. The number of thiocarbonyl (C=S) groups is 1. The van der Waals surface area contributed by atoms with Gasteiger partial charge in [0.1, 0.15) is 0 Å². The Balaban J connectivity index is 1.98. The zero-order valence-electron chi connectivity index (χ0n) is 14.0. The summed E-state index contributed by atoms with van der Waals surface area (Å²) in [7, 11) is 0. The topological polar surface area (TPSA) is 66.9 Å². The van der Waals surface area contributed by atoms with E-state index in [-0.39, 0.29) is 11.0 Å². The molecule has 2 N–H and O–H groups in total. The van der Waals surface area contributed by atoms with Crippen LogP contribution in [0.4, 0.5) is 5.95 Å². The maximum Gasteiger partial charge on any atom is 0.228 e. The highest BCUT2D eigenvalue weighted by Gasteiger charge is 2.05. The predicted octanol–water partition coefficient (Wildman–Crippen LogP) is 4.21. The van der Waals surface area contributed by atoms with Crippen molar-refractivity contribution >= 4 is 29.2 Å². The summed E-state index contributed by atoms with van der Waals surface area (Å²) in [5.74, 6) is 0.335. The Morgan fingerprint density at radius 1 is 1.00 bits per heavy atom. The van der Waals surface area contributed by atoms with Gasteiger partial charge in [0.15, 0.2) is 5.11 Å². The molecule has 0 fully saturated rings. The molecule has 0 spiro atoms. The molecule has 0 aliphatic carbocycles. The average molecular weight is 337 g/mol. The molecule has 0 saturated heterocycles. The molecule has 0 saturated carbocycles. The predicted molar refractivity (Wildman–Crippen MR) is 98.2 cm³/mol. The molecular weight excluding hydrogens is 308 g/mol. The lowest BCUT2D eigenvalue weighted by Gasteiger charge is -2.07. The maximum atomic E-state index is 11.8. The second kappa shape index (κ2) is 12.9. The van der Waals surface area contributed by atoms with Crippen LogP contribution in [0, 0.1) is 0 Å². The van der Waals surface area contributed by atoms with Crippen molar-refractivity contribution in [1.82, 2.24) is 15.3 Å². The number of hydrogen-bond donors (Lipinski definition) is 2. The van der Waals surface area contributed by atoms with E-state index in [9.17, 15) is 4.79 Å². The first-order chi connectivity index (χ1) is 11.2. The molecular formula is C17H28N4OS. The smallest absolute Gasteiger partial charge is 0.228 e. The molecule has 23 heavy (non-hydrogen) atoms. The molecule has 0 unspecified atom stereocenters. The third-order valence-electron chi connectivity index (χ3n) is 3.55. The van der Waals surface area contributed by atoms with Crippen LogP contribution in [-0.4, -0.2) is 21.0 Å². The molecule has 0 atom stereocenters. The molecule has 0 radical (unpaired) electrons. The summed E-state index contributed by atoms with van der Waals surface area (Å²) in [5, 5.41) is 5.69. The van der Waals surface area contributed by atoms with Gasteiger partial charge in [0.2, 0.25) is 11.9 Å². The molecule has 5 nitrogen and oxygen atoms in total. The minimum atomic E-state index is -0.0543. The van der Waals surface area contributed by atoms with Crippen LogP contribution in [-0.2, 0) is 4.79 Å². The van der Waals surface area contributed by atoms with Crippen molar-refractivity contribution in [1.29, 1.82) is 0 Å². The summed E-state index contributed by atoms with van der Waals surface area (Å²) < 4.78 is 0. The van der Waals surface area contributed by atoms with Gasteiger partial charge in [-0.05, 0) is 24.7 Å². The van der Waals surface area contributed by atoms with Gasteiger partial charge in [-0.1, -0.05) is 58.3 Å². The Bertz CT molecular complexity index is 453. The number of carbonyl (C=O) groups excluding carboxylic acids is 1. The molecule has 1 aromatic rings. The van der Waals surface area contributed by atoms with Crippen molar-refractivity contribution in [2.24, 2.45) is 0 Å². The Morgan fingerprint density at radius 2 is 1.57 bits per heavy atom. The quantitative estimate of drug-likeness (QED) is 0.468. The molecule has 0 aliphatic rings. The van der Waals surface area contributed by atoms with Gasteiger partial charge < -0.3 is 10.6 Å². The van der Waals surface area contributed by atoms with E-state index in [1.54, 1.807) is 18.5 Å². The number of nitrogens with one attached hydrogen (secondary N) is 2. The van der Waals surface area contributed by atoms with Gasteiger partial charge in [-0.15, -0.1) is 0 Å².